The van der Waals surface area contributed by atoms with E-state index in [1.807, 2.05) is 25.0 Å². The molecule has 2 rings (SSSR count). The SMILES string of the molecule is CCC(NC)c1ccc(SCC2CCCO2)cn1. The zero-order valence-corrected chi connectivity index (χ0v) is 12.0. The summed E-state index contributed by atoms with van der Waals surface area (Å²) in [5.74, 6) is 1.05. The second-order valence-electron chi connectivity index (χ2n) is 4.61. The average molecular weight is 266 g/mol. The molecule has 2 atom stereocenters. The average Bonchev–Trinajstić information content (AvgIpc) is 2.92. The summed E-state index contributed by atoms with van der Waals surface area (Å²) in [6.07, 6.45) is 5.90. The van der Waals surface area contributed by atoms with Crippen LogP contribution in [0.4, 0.5) is 0 Å². The number of nitrogens with zero attached hydrogens (tertiary/aromatic N) is 1. The Bertz CT molecular complexity index is 345. The van der Waals surface area contributed by atoms with E-state index in [9.17, 15) is 0 Å². The topological polar surface area (TPSA) is 34.1 Å². The molecule has 0 bridgehead atoms. The Labute approximate surface area is 114 Å². The number of ether oxygens (including phenoxy) is 1. The Kier molecular flexibility index (Phi) is 5.47. The third-order valence-corrected chi connectivity index (χ3v) is 4.45. The van der Waals surface area contributed by atoms with Crippen LogP contribution in [0.1, 0.15) is 37.9 Å². The second-order valence-corrected chi connectivity index (χ2v) is 5.71. The Morgan fingerprint density at radius 1 is 1.56 bits per heavy atom. The Balaban J connectivity index is 1.86. The summed E-state index contributed by atoms with van der Waals surface area (Å²) in [5.41, 5.74) is 1.13. The van der Waals surface area contributed by atoms with E-state index in [-0.39, 0.29) is 0 Å². The second kappa shape index (κ2) is 7.12. The Morgan fingerprint density at radius 3 is 3.00 bits per heavy atom. The van der Waals surface area contributed by atoms with Crippen molar-refractivity contribution in [2.75, 3.05) is 19.4 Å². The van der Waals surface area contributed by atoms with E-state index in [1.54, 1.807) is 0 Å². The summed E-state index contributed by atoms with van der Waals surface area (Å²) >= 11 is 1.85. The van der Waals surface area contributed by atoms with Gasteiger partial charge in [0.2, 0.25) is 0 Å². The van der Waals surface area contributed by atoms with E-state index in [2.05, 4.69) is 29.4 Å². The first-order chi connectivity index (χ1) is 8.83. The Morgan fingerprint density at radius 2 is 2.44 bits per heavy atom. The van der Waals surface area contributed by atoms with Crippen molar-refractivity contribution in [2.45, 2.75) is 43.2 Å². The first kappa shape index (κ1) is 13.8. The highest BCUT2D eigenvalue weighted by Crippen LogP contribution is 2.24. The lowest BCUT2D eigenvalue weighted by Gasteiger charge is -2.13. The molecule has 1 aromatic heterocycles. The van der Waals surface area contributed by atoms with Crippen molar-refractivity contribution in [3.05, 3.63) is 24.0 Å². The minimum atomic E-state index is 0.363. The summed E-state index contributed by atoms with van der Waals surface area (Å²) in [7, 11) is 1.98. The zero-order chi connectivity index (χ0) is 12.8. The van der Waals surface area contributed by atoms with Gasteiger partial charge in [-0.1, -0.05) is 6.92 Å². The first-order valence-electron chi connectivity index (χ1n) is 6.71. The van der Waals surface area contributed by atoms with Crippen molar-refractivity contribution in [1.82, 2.24) is 10.3 Å². The van der Waals surface area contributed by atoms with Crippen LogP contribution in [-0.4, -0.2) is 30.5 Å². The van der Waals surface area contributed by atoms with Crippen molar-refractivity contribution in [2.24, 2.45) is 0 Å². The van der Waals surface area contributed by atoms with Crippen molar-refractivity contribution in [1.29, 1.82) is 0 Å². The van der Waals surface area contributed by atoms with E-state index in [0.29, 0.717) is 12.1 Å². The van der Waals surface area contributed by atoms with Gasteiger partial charge in [0.25, 0.3) is 0 Å². The maximum absolute atomic E-state index is 5.62. The van der Waals surface area contributed by atoms with Gasteiger partial charge < -0.3 is 10.1 Å². The van der Waals surface area contributed by atoms with E-state index < -0.39 is 0 Å². The third-order valence-electron chi connectivity index (χ3n) is 3.33. The maximum Gasteiger partial charge on any atom is 0.0669 e. The molecular formula is C14H22N2OS. The van der Waals surface area contributed by atoms with Gasteiger partial charge in [-0.3, -0.25) is 4.98 Å². The fourth-order valence-electron chi connectivity index (χ4n) is 2.21. The van der Waals surface area contributed by atoms with Crippen LogP contribution in [0.2, 0.25) is 0 Å². The molecule has 0 aliphatic carbocycles. The molecule has 1 aromatic rings. The van der Waals surface area contributed by atoms with Crippen LogP contribution in [0.3, 0.4) is 0 Å². The van der Waals surface area contributed by atoms with Crippen LogP contribution in [-0.2, 0) is 4.74 Å². The van der Waals surface area contributed by atoms with Gasteiger partial charge in [0.15, 0.2) is 0 Å². The number of nitrogens with one attached hydrogen (secondary N) is 1. The lowest BCUT2D eigenvalue weighted by molar-refractivity contribution is 0.129. The van der Waals surface area contributed by atoms with Crippen LogP contribution < -0.4 is 5.32 Å². The fourth-order valence-corrected chi connectivity index (χ4v) is 3.14. The minimum absolute atomic E-state index is 0.363. The number of thioether (sulfide) groups is 1. The van der Waals surface area contributed by atoms with Crippen LogP contribution >= 0.6 is 11.8 Å². The summed E-state index contributed by atoms with van der Waals surface area (Å²) in [5, 5.41) is 3.27. The molecule has 1 aliphatic rings. The molecule has 2 unspecified atom stereocenters. The van der Waals surface area contributed by atoms with Gasteiger partial charge in [0, 0.05) is 29.5 Å². The molecule has 0 radical (unpaired) electrons. The summed E-state index contributed by atoms with van der Waals surface area (Å²) in [6.45, 7) is 3.10. The first-order valence-corrected chi connectivity index (χ1v) is 7.69. The summed E-state index contributed by atoms with van der Waals surface area (Å²) < 4.78 is 5.62. The molecular weight excluding hydrogens is 244 g/mol. The largest absolute Gasteiger partial charge is 0.377 e. The quantitative estimate of drug-likeness (QED) is 0.803. The van der Waals surface area contributed by atoms with Gasteiger partial charge in [-0.25, -0.2) is 0 Å². The van der Waals surface area contributed by atoms with Gasteiger partial charge in [-0.05, 0) is 38.4 Å². The number of aromatic nitrogens is 1. The monoisotopic (exact) mass is 266 g/mol. The standard InChI is InChI=1S/C14H22N2OS/c1-3-13(15-2)14-7-6-12(9-16-14)18-10-11-5-4-8-17-11/h6-7,9,11,13,15H,3-5,8,10H2,1-2H3. The molecule has 0 aromatic carbocycles. The van der Waals surface area contributed by atoms with E-state index in [4.69, 9.17) is 4.74 Å². The summed E-state index contributed by atoms with van der Waals surface area (Å²) in [6, 6.07) is 4.66. The smallest absolute Gasteiger partial charge is 0.0669 e. The number of rotatable bonds is 6. The molecule has 100 valence electrons. The molecule has 1 aliphatic heterocycles. The highest BCUT2D eigenvalue weighted by Gasteiger charge is 2.15. The van der Waals surface area contributed by atoms with Gasteiger partial charge in [0.05, 0.1) is 11.8 Å². The van der Waals surface area contributed by atoms with Crippen molar-refractivity contribution in [3.63, 3.8) is 0 Å². The molecule has 2 heterocycles. The van der Waals surface area contributed by atoms with Gasteiger partial charge in [-0.2, -0.15) is 0 Å². The Hall–Kier alpha value is -0.580. The highest BCUT2D eigenvalue weighted by molar-refractivity contribution is 7.99. The van der Waals surface area contributed by atoms with Gasteiger partial charge in [0.1, 0.15) is 0 Å². The number of hydrogen-bond acceptors (Lipinski definition) is 4. The third kappa shape index (κ3) is 3.70. The van der Waals surface area contributed by atoms with Crippen LogP contribution in [0.5, 0.6) is 0 Å². The maximum atomic E-state index is 5.62. The van der Waals surface area contributed by atoms with Crippen LogP contribution in [0.25, 0.3) is 0 Å². The van der Waals surface area contributed by atoms with E-state index in [1.165, 1.54) is 17.7 Å². The lowest BCUT2D eigenvalue weighted by Crippen LogP contribution is -2.16. The van der Waals surface area contributed by atoms with Gasteiger partial charge >= 0.3 is 0 Å². The molecule has 18 heavy (non-hydrogen) atoms. The molecule has 4 heteroatoms. The van der Waals surface area contributed by atoms with Crippen LogP contribution in [0, 0.1) is 0 Å². The van der Waals surface area contributed by atoms with Gasteiger partial charge in [-0.15, -0.1) is 11.8 Å². The molecule has 1 fully saturated rings. The highest BCUT2D eigenvalue weighted by atomic mass is 32.2. The molecule has 1 saturated heterocycles. The predicted octanol–water partition coefficient (Wildman–Crippen LogP) is 3.02. The van der Waals surface area contributed by atoms with E-state index in [0.717, 1.165) is 24.5 Å². The molecule has 0 amide bonds. The van der Waals surface area contributed by atoms with Crippen molar-refractivity contribution >= 4 is 11.8 Å². The minimum Gasteiger partial charge on any atom is -0.377 e. The molecule has 1 N–H and O–H groups in total. The molecule has 0 saturated carbocycles. The molecule has 3 nitrogen and oxygen atoms in total. The van der Waals surface area contributed by atoms with Crippen molar-refractivity contribution in [3.8, 4) is 0 Å². The molecule has 0 spiro atoms. The summed E-state index contributed by atoms with van der Waals surface area (Å²) in [4.78, 5) is 5.78. The fraction of sp³-hybridized carbons (Fsp3) is 0.643. The number of hydrogen-bond donors (Lipinski definition) is 1. The number of pyridine rings is 1. The lowest BCUT2D eigenvalue weighted by atomic mass is 10.1. The van der Waals surface area contributed by atoms with Crippen molar-refractivity contribution < 1.29 is 4.74 Å². The van der Waals surface area contributed by atoms with E-state index >= 15 is 0 Å². The normalized spacial score (nSPS) is 21.1. The predicted molar refractivity (Wildman–Crippen MR) is 76.0 cm³/mol. The van der Waals surface area contributed by atoms with Crippen LogP contribution in [0.15, 0.2) is 23.2 Å². The zero-order valence-electron chi connectivity index (χ0n) is 11.2.